The van der Waals surface area contributed by atoms with Gasteiger partial charge in [-0.2, -0.15) is 0 Å². The molecule has 0 bridgehead atoms. The lowest BCUT2D eigenvalue weighted by Gasteiger charge is -2.15. The summed E-state index contributed by atoms with van der Waals surface area (Å²) in [6.45, 7) is 7.63. The van der Waals surface area contributed by atoms with Crippen LogP contribution in [-0.4, -0.2) is 17.4 Å². The fourth-order valence-corrected chi connectivity index (χ4v) is 4.38. The van der Waals surface area contributed by atoms with Crippen LogP contribution in [-0.2, 0) is 10.5 Å². The molecule has 0 spiro atoms. The zero-order valence-electron chi connectivity index (χ0n) is 14.9. The largest absolute Gasteiger partial charge is 0.324 e. The minimum Gasteiger partial charge on any atom is -0.324 e. The second kappa shape index (κ2) is 8.68. The molecule has 5 heteroatoms. The van der Waals surface area contributed by atoms with Gasteiger partial charge in [0.2, 0.25) is 5.91 Å². The van der Waals surface area contributed by atoms with Gasteiger partial charge in [-0.3, -0.25) is 9.59 Å². The minimum atomic E-state index is -0.0360. The van der Waals surface area contributed by atoms with E-state index < -0.39 is 0 Å². The maximum atomic E-state index is 12.1. The van der Waals surface area contributed by atoms with Crippen LogP contribution in [0.3, 0.4) is 0 Å². The van der Waals surface area contributed by atoms with Crippen LogP contribution in [0.4, 0.5) is 5.69 Å². The number of thioether (sulfide) groups is 1. The molecule has 0 fully saturated rings. The number of ketones is 1. The summed E-state index contributed by atoms with van der Waals surface area (Å²) in [5.41, 5.74) is 5.94. The molecule has 1 N–H and O–H groups in total. The van der Waals surface area contributed by atoms with E-state index in [2.05, 4.69) is 34.2 Å². The molecule has 0 aliphatic carbocycles. The van der Waals surface area contributed by atoms with Crippen LogP contribution < -0.4 is 5.32 Å². The lowest BCUT2D eigenvalue weighted by atomic mass is 9.92. The standard InChI is InChI=1S/C20H22BrNO2S/c1-12-9-13(2)20(15(4)23)14(3)16(12)10-25-11-19(24)22-18-8-6-5-7-17(18)21/h5-9H,10-11H2,1-4H3,(H,22,24). The van der Waals surface area contributed by atoms with Crippen molar-refractivity contribution < 1.29 is 9.59 Å². The first-order valence-corrected chi connectivity index (χ1v) is 9.98. The van der Waals surface area contributed by atoms with Crippen LogP contribution in [0.5, 0.6) is 0 Å². The van der Waals surface area contributed by atoms with Crippen LogP contribution >= 0.6 is 27.7 Å². The van der Waals surface area contributed by atoms with Crippen LogP contribution in [0.15, 0.2) is 34.8 Å². The second-order valence-corrected chi connectivity index (χ2v) is 7.91. The van der Waals surface area contributed by atoms with Crippen molar-refractivity contribution in [3.8, 4) is 0 Å². The highest BCUT2D eigenvalue weighted by Gasteiger charge is 2.14. The number of rotatable bonds is 6. The highest BCUT2D eigenvalue weighted by Crippen LogP contribution is 2.27. The van der Waals surface area contributed by atoms with E-state index in [0.717, 1.165) is 32.4 Å². The summed E-state index contributed by atoms with van der Waals surface area (Å²) in [6, 6.07) is 9.60. The average molecular weight is 420 g/mol. The molecule has 25 heavy (non-hydrogen) atoms. The first kappa shape index (κ1) is 19.7. The predicted molar refractivity (Wildman–Crippen MR) is 110 cm³/mol. The van der Waals surface area contributed by atoms with E-state index in [4.69, 9.17) is 0 Å². The Bertz CT molecular complexity index is 818. The van der Waals surface area contributed by atoms with Crippen molar-refractivity contribution in [2.75, 3.05) is 11.1 Å². The van der Waals surface area contributed by atoms with Gasteiger partial charge >= 0.3 is 0 Å². The number of nitrogens with one attached hydrogen (secondary N) is 1. The summed E-state index contributed by atoms with van der Waals surface area (Å²) in [6.07, 6.45) is 0. The number of aryl methyl sites for hydroxylation is 2. The summed E-state index contributed by atoms with van der Waals surface area (Å²) >= 11 is 4.98. The SMILES string of the molecule is CC(=O)c1c(C)cc(C)c(CSCC(=O)Nc2ccccc2Br)c1C. The van der Waals surface area contributed by atoms with Crippen LogP contribution in [0.1, 0.15) is 39.5 Å². The van der Waals surface area contributed by atoms with E-state index in [9.17, 15) is 9.59 Å². The molecule has 0 heterocycles. The Balaban J connectivity index is 2.02. The van der Waals surface area contributed by atoms with Gasteiger partial charge in [0.25, 0.3) is 0 Å². The van der Waals surface area contributed by atoms with Crippen molar-refractivity contribution in [1.82, 2.24) is 0 Å². The Labute approximate surface area is 161 Å². The van der Waals surface area contributed by atoms with Crippen LogP contribution in [0, 0.1) is 20.8 Å². The molecular weight excluding hydrogens is 398 g/mol. The maximum absolute atomic E-state index is 12.1. The monoisotopic (exact) mass is 419 g/mol. The van der Waals surface area contributed by atoms with E-state index in [1.54, 1.807) is 18.7 Å². The summed E-state index contributed by atoms with van der Waals surface area (Å²) < 4.78 is 0.865. The first-order valence-electron chi connectivity index (χ1n) is 8.04. The molecule has 0 atom stereocenters. The number of anilines is 1. The van der Waals surface area contributed by atoms with E-state index in [0.29, 0.717) is 11.5 Å². The van der Waals surface area contributed by atoms with Crippen molar-refractivity contribution in [3.63, 3.8) is 0 Å². The van der Waals surface area contributed by atoms with Gasteiger partial charge in [0.15, 0.2) is 5.78 Å². The quantitative estimate of drug-likeness (QED) is 0.633. The molecule has 0 radical (unpaired) electrons. The molecule has 0 aliphatic heterocycles. The molecule has 132 valence electrons. The highest BCUT2D eigenvalue weighted by molar-refractivity contribution is 9.10. The van der Waals surface area contributed by atoms with E-state index in [-0.39, 0.29) is 11.7 Å². The number of amides is 1. The van der Waals surface area contributed by atoms with Gasteiger partial charge in [-0.05, 0) is 78.0 Å². The number of hydrogen-bond donors (Lipinski definition) is 1. The number of carbonyl (C=O) groups is 2. The van der Waals surface area contributed by atoms with E-state index in [1.807, 2.05) is 38.1 Å². The Morgan fingerprint density at radius 3 is 2.44 bits per heavy atom. The number of hydrogen-bond acceptors (Lipinski definition) is 3. The topological polar surface area (TPSA) is 46.2 Å². The molecule has 0 aromatic heterocycles. The molecule has 1 amide bonds. The van der Waals surface area contributed by atoms with Crippen molar-refractivity contribution in [1.29, 1.82) is 0 Å². The summed E-state index contributed by atoms with van der Waals surface area (Å²) in [5.74, 6) is 1.13. The van der Waals surface area contributed by atoms with Crippen molar-refractivity contribution in [3.05, 3.63) is 62.6 Å². The van der Waals surface area contributed by atoms with Gasteiger partial charge < -0.3 is 5.32 Å². The Kier molecular flexibility index (Phi) is 6.85. The summed E-state index contributed by atoms with van der Waals surface area (Å²) in [5, 5.41) is 2.90. The first-order chi connectivity index (χ1) is 11.8. The Morgan fingerprint density at radius 1 is 1.12 bits per heavy atom. The second-order valence-electron chi connectivity index (χ2n) is 6.07. The van der Waals surface area contributed by atoms with Crippen molar-refractivity contribution >= 4 is 45.1 Å². The highest BCUT2D eigenvalue weighted by atomic mass is 79.9. The molecule has 3 nitrogen and oxygen atoms in total. The summed E-state index contributed by atoms with van der Waals surface area (Å²) in [4.78, 5) is 24.0. The molecule has 0 saturated heterocycles. The lowest BCUT2D eigenvalue weighted by molar-refractivity contribution is -0.113. The van der Waals surface area contributed by atoms with Crippen LogP contribution in [0.2, 0.25) is 0 Å². The Hall–Kier alpha value is -1.59. The predicted octanol–water partition coefficient (Wildman–Crippen LogP) is 5.45. The van der Waals surface area contributed by atoms with E-state index in [1.165, 1.54) is 5.56 Å². The number of para-hydroxylation sites is 1. The third kappa shape index (κ3) is 4.95. The number of carbonyl (C=O) groups excluding carboxylic acids is 2. The van der Waals surface area contributed by atoms with Crippen LogP contribution in [0.25, 0.3) is 0 Å². The van der Waals surface area contributed by atoms with Gasteiger partial charge in [-0.25, -0.2) is 0 Å². The normalized spacial score (nSPS) is 10.6. The molecule has 2 aromatic rings. The van der Waals surface area contributed by atoms with Gasteiger partial charge in [-0.15, -0.1) is 11.8 Å². The molecular formula is C20H22BrNO2S. The van der Waals surface area contributed by atoms with Gasteiger partial charge in [0.1, 0.15) is 0 Å². The smallest absolute Gasteiger partial charge is 0.234 e. The molecule has 0 aliphatic rings. The van der Waals surface area contributed by atoms with Gasteiger partial charge in [0, 0.05) is 15.8 Å². The van der Waals surface area contributed by atoms with Gasteiger partial charge in [-0.1, -0.05) is 18.2 Å². The third-order valence-corrected chi connectivity index (χ3v) is 5.76. The zero-order valence-corrected chi connectivity index (χ0v) is 17.3. The zero-order chi connectivity index (χ0) is 18.6. The fraction of sp³-hybridized carbons (Fsp3) is 0.300. The molecule has 0 saturated carbocycles. The third-order valence-electron chi connectivity index (χ3n) is 4.11. The lowest BCUT2D eigenvalue weighted by Crippen LogP contribution is -2.14. The number of Topliss-reactive ketones (excluding diaryl/α,β-unsaturated/α-hetero) is 1. The molecule has 2 rings (SSSR count). The number of halogens is 1. The Morgan fingerprint density at radius 2 is 1.80 bits per heavy atom. The maximum Gasteiger partial charge on any atom is 0.234 e. The molecule has 0 unspecified atom stereocenters. The fourth-order valence-electron chi connectivity index (χ4n) is 2.98. The summed E-state index contributed by atoms with van der Waals surface area (Å²) in [7, 11) is 0. The average Bonchev–Trinajstić information content (AvgIpc) is 2.52. The van der Waals surface area contributed by atoms with Gasteiger partial charge in [0.05, 0.1) is 11.4 Å². The van der Waals surface area contributed by atoms with Crippen molar-refractivity contribution in [2.24, 2.45) is 0 Å². The van der Waals surface area contributed by atoms with E-state index >= 15 is 0 Å². The number of benzene rings is 2. The molecule has 2 aromatic carbocycles. The minimum absolute atomic E-state index is 0.0360. The van der Waals surface area contributed by atoms with Crippen molar-refractivity contribution in [2.45, 2.75) is 33.4 Å².